The number of hydroxylamine groups is 2. The summed E-state index contributed by atoms with van der Waals surface area (Å²) in [6, 6.07) is 15.4. The minimum absolute atomic E-state index is 0.171. The fourth-order valence-corrected chi connectivity index (χ4v) is 2.20. The molecule has 106 valence electrons. The molecule has 1 aliphatic heterocycles. The molecular formula is C16H13NO4. The van der Waals surface area contributed by atoms with E-state index in [1.807, 2.05) is 6.07 Å². The topological polar surface area (TPSA) is 66.8 Å². The zero-order chi connectivity index (χ0) is 14.8. The van der Waals surface area contributed by atoms with E-state index in [-0.39, 0.29) is 6.61 Å². The maximum Gasteiger partial charge on any atom is 0.285 e. The molecule has 2 aromatic carbocycles. The summed E-state index contributed by atoms with van der Waals surface area (Å²) in [7, 11) is 0. The second-order valence-electron chi connectivity index (χ2n) is 4.67. The zero-order valence-corrected chi connectivity index (χ0v) is 11.1. The van der Waals surface area contributed by atoms with Crippen LogP contribution >= 0.6 is 0 Å². The number of aliphatic hydroxyl groups excluding tert-OH is 1. The van der Waals surface area contributed by atoms with Crippen LogP contribution in [-0.4, -0.2) is 28.6 Å². The van der Waals surface area contributed by atoms with E-state index in [9.17, 15) is 14.7 Å². The monoisotopic (exact) mass is 283 g/mol. The summed E-state index contributed by atoms with van der Waals surface area (Å²) >= 11 is 0. The SMILES string of the molecule is O=C1c2ccccc2C(=O)N1OCC(O)c1ccccc1. The Kier molecular flexibility index (Phi) is 3.51. The van der Waals surface area contributed by atoms with E-state index in [4.69, 9.17) is 4.84 Å². The molecule has 5 heteroatoms. The van der Waals surface area contributed by atoms with Gasteiger partial charge in [0.15, 0.2) is 0 Å². The number of benzene rings is 2. The van der Waals surface area contributed by atoms with Crippen LogP contribution in [0.4, 0.5) is 0 Å². The maximum atomic E-state index is 12.1. The van der Waals surface area contributed by atoms with Crippen molar-refractivity contribution in [1.29, 1.82) is 0 Å². The smallest absolute Gasteiger partial charge is 0.285 e. The molecule has 1 atom stereocenters. The van der Waals surface area contributed by atoms with Crippen molar-refractivity contribution in [3.63, 3.8) is 0 Å². The standard InChI is InChI=1S/C16H13NO4/c18-14(11-6-2-1-3-7-11)10-21-17-15(19)12-8-4-5-9-13(12)16(17)20/h1-9,14,18H,10H2. The van der Waals surface area contributed by atoms with Crippen LogP contribution in [0.5, 0.6) is 0 Å². The van der Waals surface area contributed by atoms with E-state index < -0.39 is 17.9 Å². The molecular weight excluding hydrogens is 270 g/mol. The number of aliphatic hydroxyl groups is 1. The van der Waals surface area contributed by atoms with Crippen LogP contribution in [0.25, 0.3) is 0 Å². The predicted molar refractivity (Wildman–Crippen MR) is 74.3 cm³/mol. The molecule has 0 bridgehead atoms. The molecule has 1 heterocycles. The van der Waals surface area contributed by atoms with Gasteiger partial charge in [-0.25, -0.2) is 0 Å². The minimum atomic E-state index is -0.907. The number of hydrogen-bond donors (Lipinski definition) is 1. The Morgan fingerprint density at radius 1 is 0.905 bits per heavy atom. The van der Waals surface area contributed by atoms with Gasteiger partial charge in [0.1, 0.15) is 12.7 Å². The van der Waals surface area contributed by atoms with Gasteiger partial charge in [0.05, 0.1) is 11.1 Å². The van der Waals surface area contributed by atoms with Crippen molar-refractivity contribution in [3.05, 3.63) is 71.3 Å². The highest BCUT2D eigenvalue weighted by Crippen LogP contribution is 2.23. The summed E-state index contributed by atoms with van der Waals surface area (Å²) in [6.07, 6.45) is -0.907. The van der Waals surface area contributed by atoms with Crippen LogP contribution in [0, 0.1) is 0 Å². The number of fused-ring (bicyclic) bond motifs is 1. The first-order valence-corrected chi connectivity index (χ1v) is 6.52. The van der Waals surface area contributed by atoms with E-state index in [2.05, 4.69) is 0 Å². The third kappa shape index (κ3) is 2.44. The molecule has 3 rings (SSSR count). The Hall–Kier alpha value is -2.50. The Morgan fingerprint density at radius 3 is 2.00 bits per heavy atom. The molecule has 0 saturated heterocycles. The summed E-state index contributed by atoms with van der Waals surface area (Å²) < 4.78 is 0. The molecule has 21 heavy (non-hydrogen) atoms. The second-order valence-corrected chi connectivity index (χ2v) is 4.67. The summed E-state index contributed by atoms with van der Waals surface area (Å²) in [4.78, 5) is 29.3. The quantitative estimate of drug-likeness (QED) is 0.871. The fourth-order valence-electron chi connectivity index (χ4n) is 2.20. The molecule has 0 aromatic heterocycles. The lowest BCUT2D eigenvalue weighted by atomic mass is 10.1. The average molecular weight is 283 g/mol. The highest BCUT2D eigenvalue weighted by atomic mass is 16.7. The van der Waals surface area contributed by atoms with Crippen LogP contribution < -0.4 is 0 Å². The summed E-state index contributed by atoms with van der Waals surface area (Å²) in [5, 5.41) is 10.7. The molecule has 2 aromatic rings. The van der Waals surface area contributed by atoms with Gasteiger partial charge >= 0.3 is 0 Å². The Morgan fingerprint density at radius 2 is 1.43 bits per heavy atom. The van der Waals surface area contributed by atoms with E-state index in [0.29, 0.717) is 21.8 Å². The third-order valence-electron chi connectivity index (χ3n) is 3.30. The molecule has 0 spiro atoms. The highest BCUT2D eigenvalue weighted by molar-refractivity contribution is 6.20. The predicted octanol–water partition coefficient (Wildman–Crippen LogP) is 1.95. The molecule has 2 amide bonds. The Bertz CT molecular complexity index is 649. The zero-order valence-electron chi connectivity index (χ0n) is 11.1. The number of rotatable bonds is 4. The van der Waals surface area contributed by atoms with Gasteiger partial charge in [0.2, 0.25) is 0 Å². The van der Waals surface area contributed by atoms with E-state index in [1.54, 1.807) is 48.5 Å². The first-order chi connectivity index (χ1) is 10.2. The van der Waals surface area contributed by atoms with Crippen molar-refractivity contribution in [1.82, 2.24) is 5.06 Å². The molecule has 1 aliphatic rings. The van der Waals surface area contributed by atoms with E-state index in [1.165, 1.54) is 0 Å². The lowest BCUT2D eigenvalue weighted by molar-refractivity contribution is -0.116. The highest BCUT2D eigenvalue weighted by Gasteiger charge is 2.36. The fraction of sp³-hybridized carbons (Fsp3) is 0.125. The number of nitrogens with zero attached hydrogens (tertiary/aromatic N) is 1. The van der Waals surface area contributed by atoms with E-state index >= 15 is 0 Å². The van der Waals surface area contributed by atoms with Gasteiger partial charge in [-0.05, 0) is 17.7 Å². The minimum Gasteiger partial charge on any atom is -0.386 e. The second kappa shape index (κ2) is 5.47. The lowest BCUT2D eigenvalue weighted by Crippen LogP contribution is -2.31. The Labute approximate surface area is 121 Å². The van der Waals surface area contributed by atoms with E-state index in [0.717, 1.165) is 0 Å². The normalized spacial score (nSPS) is 15.2. The van der Waals surface area contributed by atoms with Gasteiger partial charge in [0, 0.05) is 0 Å². The number of carbonyl (C=O) groups excluding carboxylic acids is 2. The van der Waals surface area contributed by atoms with Crippen LogP contribution in [0.3, 0.4) is 0 Å². The number of carbonyl (C=O) groups is 2. The Balaban J connectivity index is 1.70. The van der Waals surface area contributed by atoms with Crippen molar-refractivity contribution in [2.24, 2.45) is 0 Å². The van der Waals surface area contributed by atoms with Crippen molar-refractivity contribution < 1.29 is 19.5 Å². The van der Waals surface area contributed by atoms with Gasteiger partial charge in [0.25, 0.3) is 11.8 Å². The van der Waals surface area contributed by atoms with Gasteiger partial charge in [-0.1, -0.05) is 42.5 Å². The summed E-state index contributed by atoms with van der Waals surface area (Å²) in [5.41, 5.74) is 1.29. The van der Waals surface area contributed by atoms with Crippen molar-refractivity contribution in [2.75, 3.05) is 6.61 Å². The molecule has 1 N–H and O–H groups in total. The van der Waals surface area contributed by atoms with Crippen molar-refractivity contribution in [3.8, 4) is 0 Å². The first-order valence-electron chi connectivity index (χ1n) is 6.52. The van der Waals surface area contributed by atoms with Gasteiger partial charge in [-0.3, -0.25) is 14.4 Å². The van der Waals surface area contributed by atoms with Crippen LogP contribution in [0.2, 0.25) is 0 Å². The number of amides is 2. The van der Waals surface area contributed by atoms with Gasteiger partial charge < -0.3 is 5.11 Å². The summed E-state index contributed by atoms with van der Waals surface area (Å²) in [6.45, 7) is -0.171. The van der Waals surface area contributed by atoms with Gasteiger partial charge in [-0.15, -0.1) is 5.06 Å². The van der Waals surface area contributed by atoms with Crippen LogP contribution in [-0.2, 0) is 4.84 Å². The van der Waals surface area contributed by atoms with Crippen LogP contribution in [0.1, 0.15) is 32.4 Å². The molecule has 0 aliphatic carbocycles. The molecule has 5 nitrogen and oxygen atoms in total. The number of imide groups is 1. The lowest BCUT2D eigenvalue weighted by Gasteiger charge is -2.16. The first kappa shape index (κ1) is 13.5. The maximum absolute atomic E-state index is 12.1. The number of hydrogen-bond acceptors (Lipinski definition) is 4. The van der Waals surface area contributed by atoms with Crippen LogP contribution in [0.15, 0.2) is 54.6 Å². The van der Waals surface area contributed by atoms with Crippen molar-refractivity contribution >= 4 is 11.8 Å². The van der Waals surface area contributed by atoms with Crippen molar-refractivity contribution in [2.45, 2.75) is 6.10 Å². The molecule has 0 radical (unpaired) electrons. The summed E-state index contributed by atoms with van der Waals surface area (Å²) in [5.74, 6) is -1.01. The molecule has 1 unspecified atom stereocenters. The third-order valence-corrected chi connectivity index (χ3v) is 3.30. The van der Waals surface area contributed by atoms with Gasteiger partial charge in [-0.2, -0.15) is 0 Å². The molecule has 0 fully saturated rings. The molecule has 0 saturated carbocycles. The largest absolute Gasteiger partial charge is 0.386 e. The average Bonchev–Trinajstić information content (AvgIpc) is 2.78.